The lowest BCUT2D eigenvalue weighted by molar-refractivity contribution is 0.730. The summed E-state index contributed by atoms with van der Waals surface area (Å²) in [5, 5.41) is 5.72. The molecule has 5 rings (SSSR count). The highest BCUT2D eigenvalue weighted by Crippen LogP contribution is 2.26. The Bertz CT molecular complexity index is 1220. The van der Waals surface area contributed by atoms with Gasteiger partial charge in [-0.2, -0.15) is 5.10 Å². The molecule has 0 bridgehead atoms. The molecule has 5 aromatic rings. The van der Waals surface area contributed by atoms with E-state index in [1.54, 1.807) is 12.7 Å². The van der Waals surface area contributed by atoms with Gasteiger partial charge in [0, 0.05) is 16.2 Å². The van der Waals surface area contributed by atoms with Crippen LogP contribution in [0.5, 0.6) is 0 Å². The first kappa shape index (κ1) is 26.0. The van der Waals surface area contributed by atoms with E-state index in [9.17, 15) is 0 Å². The van der Waals surface area contributed by atoms with Gasteiger partial charge in [0.15, 0.2) is 0 Å². The molecule has 0 aliphatic heterocycles. The maximum absolute atomic E-state index is 6.01. The molecule has 1 heterocycles. The first-order valence-electron chi connectivity index (χ1n) is 12.0. The zero-order chi connectivity index (χ0) is 25.2. The number of hydrogen-bond donors (Lipinski definition) is 0. The van der Waals surface area contributed by atoms with E-state index in [4.69, 9.17) is 23.2 Å². The topological polar surface area (TPSA) is 30.7 Å². The zero-order valence-electron chi connectivity index (χ0n) is 20.2. The molecule has 0 aliphatic carbocycles. The molecule has 3 nitrogen and oxygen atoms in total. The first-order valence-corrected chi connectivity index (χ1v) is 14.6. The van der Waals surface area contributed by atoms with E-state index in [0.717, 1.165) is 16.2 Å². The predicted octanol–water partition coefficient (Wildman–Crippen LogP) is 5.43. The van der Waals surface area contributed by atoms with Gasteiger partial charge in [-0.05, 0) is 40.9 Å². The Kier molecular flexibility index (Phi) is 9.56. The van der Waals surface area contributed by atoms with Crippen molar-refractivity contribution in [2.75, 3.05) is 0 Å². The molecule has 0 radical (unpaired) electrons. The highest BCUT2D eigenvalue weighted by Gasteiger charge is 2.15. The minimum Gasteiger partial charge on any atom is -0.257 e. The van der Waals surface area contributed by atoms with E-state index < -0.39 is 9.52 Å². The van der Waals surface area contributed by atoms with Crippen molar-refractivity contribution in [3.05, 3.63) is 143 Å². The van der Waals surface area contributed by atoms with Crippen LogP contribution in [-0.2, 0) is 6.17 Å². The third-order valence-electron chi connectivity index (χ3n) is 6.26. The number of hydrogen-bond acceptors (Lipinski definition) is 2. The van der Waals surface area contributed by atoms with Crippen LogP contribution in [0.15, 0.2) is 122 Å². The maximum atomic E-state index is 6.01. The first-order chi connectivity index (χ1) is 17.6. The van der Waals surface area contributed by atoms with E-state index in [1.165, 1.54) is 22.1 Å². The van der Waals surface area contributed by atoms with Crippen LogP contribution in [0.2, 0.25) is 16.9 Å². The molecule has 0 unspecified atom stereocenters. The molecule has 0 amide bonds. The summed E-state index contributed by atoms with van der Waals surface area (Å²) in [5.74, 6) is 0. The Morgan fingerprint density at radius 1 is 0.722 bits per heavy atom. The van der Waals surface area contributed by atoms with E-state index >= 15 is 0 Å². The maximum Gasteiger partial charge on any atom is 0.206 e. The lowest BCUT2D eigenvalue weighted by atomic mass is 9.43. The quantitative estimate of drug-likeness (QED) is 0.264. The highest BCUT2D eigenvalue weighted by atomic mass is 35.5. The normalized spacial score (nSPS) is 10.9. The summed E-state index contributed by atoms with van der Waals surface area (Å²) in [6, 6.07) is 37.4. The van der Waals surface area contributed by atoms with Crippen LogP contribution in [0.3, 0.4) is 0 Å². The van der Waals surface area contributed by atoms with Gasteiger partial charge >= 0.3 is 0 Å². The molecule has 0 aliphatic rings. The monoisotopic (exact) mass is 527 g/mol. The fourth-order valence-corrected chi connectivity index (χ4v) is 6.42. The van der Waals surface area contributed by atoms with Gasteiger partial charge in [0.25, 0.3) is 0 Å². The Morgan fingerprint density at radius 2 is 1.19 bits per heavy atom. The lowest BCUT2D eigenvalue weighted by Crippen LogP contribution is -2.38. The largest absolute Gasteiger partial charge is 0.257 e. The van der Waals surface area contributed by atoms with E-state index in [1.807, 2.05) is 28.9 Å². The van der Waals surface area contributed by atoms with Crippen LogP contribution in [0.4, 0.5) is 0 Å². The fourth-order valence-electron chi connectivity index (χ4n) is 4.20. The fraction of sp³-hybridized carbons (Fsp3) is 0.103. The molecule has 36 heavy (non-hydrogen) atoms. The second-order valence-electron chi connectivity index (χ2n) is 8.65. The van der Waals surface area contributed by atoms with Gasteiger partial charge in [-0.3, -0.25) is 4.68 Å². The molecule has 0 atom stereocenters. The number of halogens is 2. The van der Waals surface area contributed by atoms with Crippen LogP contribution in [0.25, 0.3) is 0 Å². The summed E-state index contributed by atoms with van der Waals surface area (Å²) >= 11 is 12.0. The van der Waals surface area contributed by atoms with Crippen LogP contribution >= 0.6 is 23.2 Å². The smallest absolute Gasteiger partial charge is 0.206 e. The Balaban J connectivity index is 0.000000187. The molecule has 0 saturated heterocycles. The summed E-state index contributed by atoms with van der Waals surface area (Å²) in [7, 11) is -0.490. The van der Waals surface area contributed by atoms with Crippen molar-refractivity contribution in [1.29, 1.82) is 0 Å². The van der Waals surface area contributed by atoms with Gasteiger partial charge in [-0.25, -0.2) is 4.98 Å². The third-order valence-corrected chi connectivity index (χ3v) is 9.00. The van der Waals surface area contributed by atoms with Crippen molar-refractivity contribution < 1.29 is 0 Å². The van der Waals surface area contributed by atoms with E-state index in [0.29, 0.717) is 12.3 Å². The SMILES string of the molecule is CB(c1ccccc1)c1ccccc1.Clc1ccc(C([SiH2]Cn2cncn2)c2ccc(Cl)cc2)cc1. The van der Waals surface area contributed by atoms with Crippen LogP contribution in [0, 0.1) is 0 Å². The molecule has 0 fully saturated rings. The summed E-state index contributed by atoms with van der Waals surface area (Å²) in [6.07, 6.45) is 4.29. The second kappa shape index (κ2) is 13.3. The van der Waals surface area contributed by atoms with Gasteiger partial charge in [0.05, 0.1) is 9.52 Å². The molecule has 0 N–H and O–H groups in total. The molecule has 1 aromatic heterocycles. The predicted molar refractivity (Wildman–Crippen MR) is 157 cm³/mol. The molecule has 180 valence electrons. The minimum atomic E-state index is -0.490. The van der Waals surface area contributed by atoms with Crippen molar-refractivity contribution in [2.45, 2.75) is 18.5 Å². The number of aromatic nitrogens is 3. The average Bonchev–Trinajstić information content (AvgIpc) is 3.45. The molecular formula is C29H28BCl2N3Si. The van der Waals surface area contributed by atoms with Gasteiger partial charge in [-0.1, -0.05) is 126 Å². The van der Waals surface area contributed by atoms with Crippen LogP contribution in [-0.4, -0.2) is 31.0 Å². The van der Waals surface area contributed by atoms with Crippen LogP contribution < -0.4 is 10.9 Å². The van der Waals surface area contributed by atoms with E-state index in [2.05, 4.69) is 102 Å². The minimum absolute atomic E-state index is 0.402. The van der Waals surface area contributed by atoms with Crippen molar-refractivity contribution in [1.82, 2.24) is 14.8 Å². The van der Waals surface area contributed by atoms with Crippen molar-refractivity contribution in [3.8, 4) is 0 Å². The Labute approximate surface area is 226 Å². The van der Waals surface area contributed by atoms with Crippen LogP contribution in [0.1, 0.15) is 16.7 Å². The third kappa shape index (κ3) is 7.44. The zero-order valence-corrected chi connectivity index (χ0v) is 23.1. The highest BCUT2D eigenvalue weighted by molar-refractivity contribution is 6.84. The summed E-state index contributed by atoms with van der Waals surface area (Å²) in [5.41, 5.74) is 5.73. The van der Waals surface area contributed by atoms with Gasteiger partial charge in [0.2, 0.25) is 6.71 Å². The summed E-state index contributed by atoms with van der Waals surface area (Å²) in [6.45, 7) is 2.72. The average molecular weight is 528 g/mol. The molecule has 7 heteroatoms. The molecule has 0 saturated carbocycles. The molecule has 0 spiro atoms. The molecule has 4 aromatic carbocycles. The van der Waals surface area contributed by atoms with E-state index in [-0.39, 0.29) is 0 Å². The number of benzene rings is 4. The summed E-state index contributed by atoms with van der Waals surface area (Å²) in [4.78, 5) is 4.01. The summed E-state index contributed by atoms with van der Waals surface area (Å²) < 4.78 is 1.91. The number of rotatable bonds is 7. The van der Waals surface area contributed by atoms with Crippen molar-refractivity contribution >= 4 is 50.4 Å². The number of nitrogens with zero attached hydrogens (tertiary/aromatic N) is 3. The van der Waals surface area contributed by atoms with Gasteiger partial charge < -0.3 is 0 Å². The van der Waals surface area contributed by atoms with Gasteiger partial charge in [0.1, 0.15) is 12.7 Å². The molecular weight excluding hydrogens is 500 g/mol. The lowest BCUT2D eigenvalue weighted by Gasteiger charge is -2.18. The Morgan fingerprint density at radius 3 is 1.61 bits per heavy atom. The van der Waals surface area contributed by atoms with Crippen molar-refractivity contribution in [3.63, 3.8) is 0 Å². The van der Waals surface area contributed by atoms with Gasteiger partial charge in [-0.15, -0.1) is 0 Å². The standard InChI is InChI=1S/C16H15Cl2N3Si.C13H13B/c17-14-5-1-12(2-6-14)16(13-3-7-15(18)8-4-13)22-11-21-10-19-9-20-21;1-14(12-8-4-2-5-9-12)13-10-6-3-7-11-13/h1-10,16H,11,22H2;2-11H,1H3. The second-order valence-corrected chi connectivity index (χ2v) is 11.4. The van der Waals surface area contributed by atoms with Crippen molar-refractivity contribution in [2.24, 2.45) is 0 Å². The Hall–Kier alpha value is -3.12.